The van der Waals surface area contributed by atoms with E-state index in [1.165, 1.54) is 11.8 Å². The highest BCUT2D eigenvalue weighted by Gasteiger charge is 2.15. The van der Waals surface area contributed by atoms with Crippen molar-refractivity contribution in [2.45, 2.75) is 29.0 Å². The molecule has 0 aliphatic rings. The number of carbonyl (C=O) groups excluding carboxylic acids is 1. The summed E-state index contributed by atoms with van der Waals surface area (Å²) in [6.45, 7) is 0.917. The van der Waals surface area contributed by atoms with Gasteiger partial charge in [-0.2, -0.15) is 0 Å². The molecule has 2 aromatic carbocycles. The first-order valence-corrected chi connectivity index (χ1v) is 12.7. The number of halogens is 1. The number of rotatable bonds is 10. The van der Waals surface area contributed by atoms with E-state index in [1.807, 2.05) is 65.2 Å². The zero-order valence-corrected chi connectivity index (χ0v) is 20.1. The molecule has 0 aliphatic carbocycles. The van der Waals surface area contributed by atoms with E-state index in [2.05, 4.69) is 32.6 Å². The van der Waals surface area contributed by atoms with E-state index in [0.717, 1.165) is 26.3 Å². The smallest absolute Gasteiger partial charge is 0.230 e. The van der Waals surface area contributed by atoms with Gasteiger partial charge in [0.1, 0.15) is 0 Å². The van der Waals surface area contributed by atoms with Crippen LogP contribution in [0.5, 0.6) is 0 Å². The predicted octanol–water partition coefficient (Wildman–Crippen LogP) is 5.08. The predicted molar refractivity (Wildman–Crippen MR) is 133 cm³/mol. The van der Waals surface area contributed by atoms with Gasteiger partial charge in [-0.05, 0) is 29.3 Å². The minimum atomic E-state index is -0.0785. The zero-order chi connectivity index (χ0) is 22.9. The van der Waals surface area contributed by atoms with Gasteiger partial charge in [0.2, 0.25) is 5.91 Å². The number of nitrogens with zero attached hydrogens (tertiary/aromatic N) is 4. The lowest BCUT2D eigenvalue weighted by Crippen LogP contribution is -2.26. The topological polar surface area (TPSA) is 72.7 Å². The van der Waals surface area contributed by atoms with E-state index < -0.39 is 0 Å². The molecule has 6 nitrogen and oxygen atoms in total. The minimum Gasteiger partial charge on any atom is -0.348 e. The molecule has 0 fully saturated rings. The molecule has 0 saturated heterocycles. The molecule has 168 valence electrons. The van der Waals surface area contributed by atoms with Gasteiger partial charge in [-0.15, -0.1) is 10.2 Å². The number of hydrogen-bond acceptors (Lipinski definition) is 6. The van der Waals surface area contributed by atoms with Crippen molar-refractivity contribution in [2.75, 3.05) is 5.75 Å². The van der Waals surface area contributed by atoms with E-state index in [4.69, 9.17) is 11.6 Å². The van der Waals surface area contributed by atoms with Crippen LogP contribution in [-0.4, -0.2) is 31.4 Å². The van der Waals surface area contributed by atoms with Crippen LogP contribution in [0, 0.1) is 0 Å². The van der Waals surface area contributed by atoms with Crippen LogP contribution in [0.15, 0.2) is 89.2 Å². The number of hydrogen-bond donors (Lipinski definition) is 1. The molecule has 0 bridgehead atoms. The van der Waals surface area contributed by atoms with Crippen LogP contribution >= 0.6 is 35.1 Å². The van der Waals surface area contributed by atoms with E-state index in [1.54, 1.807) is 18.0 Å². The Labute approximate surface area is 206 Å². The Hall–Kier alpha value is -2.81. The number of carbonyl (C=O) groups is 1. The van der Waals surface area contributed by atoms with E-state index >= 15 is 0 Å². The number of nitrogens with one attached hydrogen (secondary N) is 1. The van der Waals surface area contributed by atoms with Crippen LogP contribution in [0.25, 0.3) is 0 Å². The molecule has 0 aliphatic heterocycles. The Kier molecular flexibility index (Phi) is 8.41. The Morgan fingerprint density at radius 2 is 1.73 bits per heavy atom. The molecule has 4 rings (SSSR count). The molecule has 2 heterocycles. The minimum absolute atomic E-state index is 0.0785. The first kappa shape index (κ1) is 23.4. The van der Waals surface area contributed by atoms with Gasteiger partial charge in [0.15, 0.2) is 11.0 Å². The standard InChI is InChI=1S/C24H22ClN5OS2/c25-20-11-5-4-10-19(20)16-33-24-29-28-21(30(24)15-18-8-2-1-3-9-18)14-27-22(31)17-32-23-12-6-7-13-26-23/h1-13H,14-17H2,(H,27,31). The van der Waals surface area contributed by atoms with Crippen molar-refractivity contribution < 1.29 is 4.79 Å². The summed E-state index contributed by atoms with van der Waals surface area (Å²) in [5, 5.41) is 14.0. The normalized spacial score (nSPS) is 10.8. The maximum Gasteiger partial charge on any atom is 0.230 e. The average molecular weight is 496 g/mol. The van der Waals surface area contributed by atoms with Crippen LogP contribution in [0.2, 0.25) is 5.02 Å². The lowest BCUT2D eigenvalue weighted by Gasteiger charge is -2.11. The average Bonchev–Trinajstić information content (AvgIpc) is 3.23. The maximum absolute atomic E-state index is 12.4. The van der Waals surface area contributed by atoms with E-state index in [0.29, 0.717) is 24.7 Å². The van der Waals surface area contributed by atoms with Crippen molar-refractivity contribution >= 4 is 41.0 Å². The first-order chi connectivity index (χ1) is 16.2. The van der Waals surface area contributed by atoms with Crippen molar-refractivity contribution in [3.05, 3.63) is 101 Å². The summed E-state index contributed by atoms with van der Waals surface area (Å²) in [6, 6.07) is 23.6. The van der Waals surface area contributed by atoms with Crippen LogP contribution in [0.3, 0.4) is 0 Å². The molecule has 0 spiro atoms. The van der Waals surface area contributed by atoms with Gasteiger partial charge < -0.3 is 9.88 Å². The quantitative estimate of drug-likeness (QED) is 0.309. The second kappa shape index (κ2) is 11.9. The summed E-state index contributed by atoms with van der Waals surface area (Å²) >= 11 is 9.29. The van der Waals surface area contributed by atoms with Gasteiger partial charge in [0.25, 0.3) is 0 Å². The Morgan fingerprint density at radius 1 is 0.939 bits per heavy atom. The summed E-state index contributed by atoms with van der Waals surface area (Å²) in [5.41, 5.74) is 2.18. The van der Waals surface area contributed by atoms with Crippen molar-refractivity contribution in [3.8, 4) is 0 Å². The third-order valence-corrected chi connectivity index (χ3v) is 7.05. The molecule has 1 N–H and O–H groups in total. The molecule has 4 aromatic rings. The molecule has 2 aromatic heterocycles. The molecule has 33 heavy (non-hydrogen) atoms. The van der Waals surface area contributed by atoms with Crippen molar-refractivity contribution in [2.24, 2.45) is 0 Å². The lowest BCUT2D eigenvalue weighted by atomic mass is 10.2. The lowest BCUT2D eigenvalue weighted by molar-refractivity contribution is -0.118. The molecular formula is C24H22ClN5OS2. The van der Waals surface area contributed by atoms with E-state index in [-0.39, 0.29) is 11.7 Å². The third-order valence-electron chi connectivity index (χ3n) is 4.72. The number of pyridine rings is 1. The van der Waals surface area contributed by atoms with E-state index in [9.17, 15) is 4.79 Å². The van der Waals surface area contributed by atoms with Gasteiger partial charge in [-0.1, -0.05) is 89.7 Å². The van der Waals surface area contributed by atoms with Crippen LogP contribution in [0.4, 0.5) is 0 Å². The van der Waals surface area contributed by atoms with Crippen LogP contribution in [-0.2, 0) is 23.6 Å². The van der Waals surface area contributed by atoms with Gasteiger partial charge in [-0.3, -0.25) is 4.79 Å². The summed E-state index contributed by atoms with van der Waals surface area (Å²) in [6.07, 6.45) is 1.72. The highest BCUT2D eigenvalue weighted by Crippen LogP contribution is 2.26. The fourth-order valence-electron chi connectivity index (χ4n) is 3.04. The van der Waals surface area contributed by atoms with Crippen LogP contribution in [0.1, 0.15) is 17.0 Å². The second-order valence-corrected chi connectivity index (χ2v) is 9.43. The summed E-state index contributed by atoms with van der Waals surface area (Å²) in [4.78, 5) is 16.6. The number of amides is 1. The highest BCUT2D eigenvalue weighted by atomic mass is 35.5. The highest BCUT2D eigenvalue weighted by molar-refractivity contribution is 7.99. The SMILES string of the molecule is O=C(CSc1ccccn1)NCc1nnc(SCc2ccccc2Cl)n1Cc1ccccc1. The van der Waals surface area contributed by atoms with Crippen molar-refractivity contribution in [1.82, 2.24) is 25.1 Å². The Morgan fingerprint density at radius 3 is 2.52 bits per heavy atom. The number of aromatic nitrogens is 4. The van der Waals surface area contributed by atoms with Gasteiger partial charge >= 0.3 is 0 Å². The summed E-state index contributed by atoms with van der Waals surface area (Å²) < 4.78 is 2.04. The molecule has 9 heteroatoms. The number of benzene rings is 2. The van der Waals surface area contributed by atoms with Gasteiger partial charge in [-0.25, -0.2) is 4.98 Å². The molecule has 0 unspecified atom stereocenters. The second-order valence-electron chi connectivity index (χ2n) is 7.08. The first-order valence-electron chi connectivity index (χ1n) is 10.3. The molecular weight excluding hydrogens is 474 g/mol. The molecule has 0 atom stereocenters. The van der Waals surface area contributed by atoms with Crippen molar-refractivity contribution in [1.29, 1.82) is 0 Å². The van der Waals surface area contributed by atoms with Crippen LogP contribution < -0.4 is 5.32 Å². The zero-order valence-electron chi connectivity index (χ0n) is 17.7. The van der Waals surface area contributed by atoms with Crippen molar-refractivity contribution in [3.63, 3.8) is 0 Å². The summed E-state index contributed by atoms with van der Waals surface area (Å²) in [5.74, 6) is 1.60. The largest absolute Gasteiger partial charge is 0.348 e. The monoisotopic (exact) mass is 495 g/mol. The Balaban J connectivity index is 1.43. The third kappa shape index (κ3) is 6.83. The summed E-state index contributed by atoms with van der Waals surface area (Å²) in [7, 11) is 0. The molecule has 0 radical (unpaired) electrons. The van der Waals surface area contributed by atoms with Gasteiger partial charge in [0.05, 0.1) is 23.9 Å². The molecule has 1 amide bonds. The maximum atomic E-state index is 12.4. The Bertz CT molecular complexity index is 1190. The molecule has 0 saturated carbocycles. The van der Waals surface area contributed by atoms with Gasteiger partial charge in [0, 0.05) is 17.0 Å². The number of thioether (sulfide) groups is 2. The fraction of sp³-hybridized carbons (Fsp3) is 0.167. The fourth-order valence-corrected chi connectivity index (χ4v) is 4.97.